The van der Waals surface area contributed by atoms with Gasteiger partial charge in [0.15, 0.2) is 5.58 Å². The fourth-order valence-corrected chi connectivity index (χ4v) is 2.47. The van der Waals surface area contributed by atoms with Gasteiger partial charge in [0.1, 0.15) is 5.52 Å². The van der Waals surface area contributed by atoms with Crippen LogP contribution in [0.5, 0.6) is 0 Å². The van der Waals surface area contributed by atoms with Gasteiger partial charge in [-0.05, 0) is 23.1 Å². The van der Waals surface area contributed by atoms with E-state index in [-0.39, 0.29) is 17.3 Å². The first-order valence-corrected chi connectivity index (χ1v) is 7.12. The van der Waals surface area contributed by atoms with Crippen LogP contribution in [0.3, 0.4) is 0 Å². The van der Waals surface area contributed by atoms with Gasteiger partial charge in [-0.3, -0.25) is 4.79 Å². The molecule has 0 bridgehead atoms. The number of oxazole rings is 1. The number of ether oxygens (including phenoxy) is 1. The number of aromatic nitrogens is 1. The molecule has 2 heterocycles. The zero-order valence-electron chi connectivity index (χ0n) is 12.8. The largest absolute Gasteiger partial charge is 0.469 e. The third kappa shape index (κ3) is 2.48. The lowest BCUT2D eigenvalue weighted by atomic mass is 9.87. The van der Waals surface area contributed by atoms with Crippen molar-refractivity contribution >= 4 is 23.1 Å². The van der Waals surface area contributed by atoms with Crippen molar-refractivity contribution in [2.24, 2.45) is 5.92 Å². The molecule has 0 radical (unpaired) electrons. The van der Waals surface area contributed by atoms with Crippen LogP contribution in [-0.4, -0.2) is 31.2 Å². The van der Waals surface area contributed by atoms with Crippen molar-refractivity contribution in [1.29, 1.82) is 0 Å². The van der Waals surface area contributed by atoms with Gasteiger partial charge in [-0.2, -0.15) is 4.98 Å². The van der Waals surface area contributed by atoms with Crippen molar-refractivity contribution in [3.8, 4) is 0 Å². The number of carbonyl (C=O) groups excluding carboxylic acids is 1. The van der Waals surface area contributed by atoms with E-state index in [0.29, 0.717) is 19.1 Å². The Hall–Kier alpha value is -2.04. The Morgan fingerprint density at radius 3 is 2.71 bits per heavy atom. The average Bonchev–Trinajstić information content (AvgIpc) is 2.77. The predicted molar refractivity (Wildman–Crippen MR) is 80.4 cm³/mol. The molecule has 5 heteroatoms. The molecule has 0 saturated carbocycles. The zero-order valence-corrected chi connectivity index (χ0v) is 12.8. The summed E-state index contributed by atoms with van der Waals surface area (Å²) in [7, 11) is 1.42. The van der Waals surface area contributed by atoms with E-state index in [0.717, 1.165) is 11.1 Å². The lowest BCUT2D eigenvalue weighted by molar-refractivity contribution is -0.146. The van der Waals surface area contributed by atoms with Crippen molar-refractivity contribution in [2.45, 2.75) is 26.2 Å². The van der Waals surface area contributed by atoms with Gasteiger partial charge in [-0.15, -0.1) is 0 Å². The molecule has 0 atom stereocenters. The molecule has 0 spiro atoms. The number of rotatable bonds is 2. The molecule has 0 N–H and O–H groups in total. The van der Waals surface area contributed by atoms with E-state index in [4.69, 9.17) is 9.15 Å². The smallest absolute Gasteiger partial charge is 0.312 e. The number of nitrogens with zero attached hydrogens (tertiary/aromatic N) is 2. The van der Waals surface area contributed by atoms with Crippen LogP contribution in [0, 0.1) is 5.92 Å². The number of carbonyl (C=O) groups is 1. The van der Waals surface area contributed by atoms with E-state index in [2.05, 4.69) is 37.9 Å². The SMILES string of the molecule is COC(=O)C1CN(c2nc3cc(C(C)(C)C)ccc3o2)C1. The fourth-order valence-electron chi connectivity index (χ4n) is 2.47. The van der Waals surface area contributed by atoms with Gasteiger partial charge < -0.3 is 14.1 Å². The number of esters is 1. The normalized spacial score (nSPS) is 16.1. The highest BCUT2D eigenvalue weighted by molar-refractivity contribution is 5.78. The van der Waals surface area contributed by atoms with Gasteiger partial charge in [0, 0.05) is 13.1 Å². The number of fused-ring (bicyclic) bond motifs is 1. The Kier molecular flexibility index (Phi) is 3.15. The Labute approximate surface area is 123 Å². The summed E-state index contributed by atoms with van der Waals surface area (Å²) < 4.78 is 10.5. The minimum Gasteiger partial charge on any atom is -0.469 e. The van der Waals surface area contributed by atoms with E-state index >= 15 is 0 Å². The molecule has 1 aromatic carbocycles. The van der Waals surface area contributed by atoms with Crippen LogP contribution in [0.1, 0.15) is 26.3 Å². The topological polar surface area (TPSA) is 55.6 Å². The zero-order chi connectivity index (χ0) is 15.2. The van der Waals surface area contributed by atoms with Crippen molar-refractivity contribution in [1.82, 2.24) is 4.98 Å². The molecule has 1 aliphatic heterocycles. The van der Waals surface area contributed by atoms with Gasteiger partial charge in [-0.25, -0.2) is 0 Å². The molecule has 21 heavy (non-hydrogen) atoms. The van der Waals surface area contributed by atoms with Gasteiger partial charge >= 0.3 is 5.97 Å². The molecule has 0 amide bonds. The quantitative estimate of drug-likeness (QED) is 0.795. The van der Waals surface area contributed by atoms with Crippen LogP contribution >= 0.6 is 0 Å². The predicted octanol–water partition coefficient (Wildman–Crippen LogP) is 2.73. The molecule has 1 fully saturated rings. The summed E-state index contributed by atoms with van der Waals surface area (Å²) in [6.07, 6.45) is 0. The Morgan fingerprint density at radius 1 is 1.38 bits per heavy atom. The molecule has 0 unspecified atom stereocenters. The molecule has 1 aliphatic rings. The standard InChI is InChI=1S/C16H20N2O3/c1-16(2,3)11-5-6-13-12(7-11)17-15(21-13)18-8-10(9-18)14(19)20-4/h5-7,10H,8-9H2,1-4H3. The Balaban J connectivity index is 1.81. The number of hydrogen-bond acceptors (Lipinski definition) is 5. The summed E-state index contributed by atoms with van der Waals surface area (Å²) in [5.74, 6) is -0.243. The third-order valence-electron chi connectivity index (χ3n) is 3.93. The van der Waals surface area contributed by atoms with Gasteiger partial charge in [0.05, 0.1) is 13.0 Å². The van der Waals surface area contributed by atoms with Crippen molar-refractivity contribution in [3.63, 3.8) is 0 Å². The second-order valence-corrected chi connectivity index (χ2v) is 6.55. The summed E-state index contributed by atoms with van der Waals surface area (Å²) in [6, 6.07) is 6.69. The van der Waals surface area contributed by atoms with Crippen LogP contribution in [0.2, 0.25) is 0 Å². The molecule has 2 aromatic rings. The van der Waals surface area contributed by atoms with Crippen LogP contribution in [-0.2, 0) is 14.9 Å². The van der Waals surface area contributed by atoms with Crippen molar-refractivity contribution < 1.29 is 13.9 Å². The summed E-state index contributed by atoms with van der Waals surface area (Å²) >= 11 is 0. The van der Waals surface area contributed by atoms with Crippen molar-refractivity contribution in [2.75, 3.05) is 25.1 Å². The minimum absolute atomic E-state index is 0.0739. The maximum absolute atomic E-state index is 11.4. The van der Waals surface area contributed by atoms with Crippen LogP contribution in [0.4, 0.5) is 6.01 Å². The fraction of sp³-hybridized carbons (Fsp3) is 0.500. The highest BCUT2D eigenvalue weighted by Crippen LogP contribution is 2.31. The summed E-state index contributed by atoms with van der Waals surface area (Å²) in [4.78, 5) is 17.9. The molecular weight excluding hydrogens is 268 g/mol. The highest BCUT2D eigenvalue weighted by Gasteiger charge is 2.36. The Morgan fingerprint density at radius 2 is 2.10 bits per heavy atom. The minimum atomic E-state index is -0.169. The van der Waals surface area contributed by atoms with E-state index in [1.165, 1.54) is 12.7 Å². The Bertz CT molecular complexity index is 678. The molecule has 0 aliphatic carbocycles. The van der Waals surface area contributed by atoms with E-state index in [1.807, 2.05) is 11.0 Å². The molecular formula is C16H20N2O3. The number of benzene rings is 1. The highest BCUT2D eigenvalue weighted by atomic mass is 16.5. The maximum atomic E-state index is 11.4. The van der Waals surface area contributed by atoms with Crippen LogP contribution < -0.4 is 4.90 Å². The molecule has 5 nitrogen and oxygen atoms in total. The maximum Gasteiger partial charge on any atom is 0.312 e. The lowest BCUT2D eigenvalue weighted by Crippen LogP contribution is -2.51. The lowest BCUT2D eigenvalue weighted by Gasteiger charge is -2.35. The molecule has 3 rings (SSSR count). The van der Waals surface area contributed by atoms with Crippen LogP contribution in [0.25, 0.3) is 11.1 Å². The molecule has 1 saturated heterocycles. The van der Waals surface area contributed by atoms with Gasteiger partial charge in [-0.1, -0.05) is 26.8 Å². The monoisotopic (exact) mass is 288 g/mol. The summed E-state index contributed by atoms with van der Waals surface area (Å²) in [6.45, 7) is 7.72. The van der Waals surface area contributed by atoms with E-state index < -0.39 is 0 Å². The summed E-state index contributed by atoms with van der Waals surface area (Å²) in [5.41, 5.74) is 2.95. The van der Waals surface area contributed by atoms with Gasteiger partial charge in [0.2, 0.25) is 0 Å². The van der Waals surface area contributed by atoms with E-state index in [1.54, 1.807) is 0 Å². The average molecular weight is 288 g/mol. The first-order valence-electron chi connectivity index (χ1n) is 7.12. The van der Waals surface area contributed by atoms with E-state index in [9.17, 15) is 4.79 Å². The summed E-state index contributed by atoms with van der Waals surface area (Å²) in [5, 5.41) is 0. The van der Waals surface area contributed by atoms with Crippen LogP contribution in [0.15, 0.2) is 22.6 Å². The second-order valence-electron chi connectivity index (χ2n) is 6.55. The third-order valence-corrected chi connectivity index (χ3v) is 3.93. The number of hydrogen-bond donors (Lipinski definition) is 0. The van der Waals surface area contributed by atoms with Crippen molar-refractivity contribution in [3.05, 3.63) is 23.8 Å². The second kappa shape index (κ2) is 4.76. The van der Waals surface area contributed by atoms with Gasteiger partial charge in [0.25, 0.3) is 6.01 Å². The first-order chi connectivity index (χ1) is 9.88. The molecule has 1 aromatic heterocycles. The first kappa shape index (κ1) is 13.9. The number of anilines is 1. The number of methoxy groups -OCH3 is 1. The molecule has 112 valence electrons.